The number of fused-ring (bicyclic) bond motifs is 5. The average Bonchev–Trinajstić information content (AvgIpc) is 2.86. The molecule has 2 heteroatoms. The van der Waals surface area contributed by atoms with E-state index >= 15 is 0 Å². The summed E-state index contributed by atoms with van der Waals surface area (Å²) in [5, 5.41) is 6.68. The van der Waals surface area contributed by atoms with Crippen LogP contribution in [0.1, 0.15) is 0 Å². The van der Waals surface area contributed by atoms with Gasteiger partial charge in [-0.15, -0.1) is 0 Å². The molecular weight excluding hydrogens is 273 g/mol. The third kappa shape index (κ3) is 1.28. The second-order valence-electron chi connectivity index (χ2n) is 4.19. The first-order valence-corrected chi connectivity index (χ1v) is 7.20. The number of benzene rings is 3. The molecule has 3 aromatic carbocycles. The van der Waals surface area contributed by atoms with Crippen molar-refractivity contribution in [2.45, 2.75) is 0 Å². The molecule has 0 unspecified atom stereocenters. The molecule has 4 rings (SSSR count). The maximum absolute atomic E-state index is 4.42. The van der Waals surface area contributed by atoms with E-state index in [2.05, 4.69) is 52.5 Å². The van der Waals surface area contributed by atoms with Gasteiger partial charge in [-0.3, -0.25) is 0 Å². The zero-order valence-electron chi connectivity index (χ0n) is 9.05. The molecule has 0 radical (unpaired) electrons. The van der Waals surface area contributed by atoms with Gasteiger partial charge in [-0.2, -0.15) is 0 Å². The number of hydrogen-bond donors (Lipinski definition) is 0. The molecule has 0 atom stereocenters. The first kappa shape index (κ1) is 9.40. The van der Waals surface area contributed by atoms with Crippen LogP contribution in [0, 0.1) is 0 Å². The average molecular weight is 282 g/mol. The van der Waals surface area contributed by atoms with E-state index in [1.165, 1.54) is 31.2 Å². The zero-order valence-corrected chi connectivity index (χ0v) is 10.8. The van der Waals surface area contributed by atoms with Gasteiger partial charge in [-0.1, -0.05) is 0 Å². The molecule has 0 spiro atoms. The van der Waals surface area contributed by atoms with Crippen LogP contribution in [0.5, 0.6) is 0 Å². The van der Waals surface area contributed by atoms with Gasteiger partial charge in [0.05, 0.1) is 0 Å². The van der Waals surface area contributed by atoms with E-state index in [4.69, 9.17) is 0 Å². The van der Waals surface area contributed by atoms with E-state index in [1.54, 1.807) is 0 Å². The minimum atomic E-state index is 0.261. The zero-order chi connectivity index (χ0) is 11.2. The van der Waals surface area contributed by atoms with Crippen LogP contribution in [0.15, 0.2) is 54.7 Å². The second-order valence-corrected chi connectivity index (χ2v) is 5.87. The van der Waals surface area contributed by atoms with Crippen molar-refractivity contribution in [1.29, 1.82) is 0 Å². The summed E-state index contributed by atoms with van der Waals surface area (Å²) in [4.78, 5) is 0. The summed E-state index contributed by atoms with van der Waals surface area (Å²) >= 11 is 0.261. The molecule has 0 bridgehead atoms. The molecule has 0 aliphatic rings. The summed E-state index contributed by atoms with van der Waals surface area (Å²) < 4.78 is 5.85. The molecule has 1 nitrogen and oxygen atoms in total. The Kier molecular flexibility index (Phi) is 1.90. The predicted octanol–water partition coefficient (Wildman–Crippen LogP) is 3.60. The van der Waals surface area contributed by atoms with Crippen molar-refractivity contribution in [1.82, 2.24) is 3.98 Å². The third-order valence-electron chi connectivity index (χ3n) is 3.24. The van der Waals surface area contributed by atoms with E-state index in [0.717, 1.165) is 0 Å². The van der Waals surface area contributed by atoms with E-state index in [1.807, 2.05) is 6.20 Å². The predicted molar refractivity (Wildman–Crippen MR) is 73.7 cm³/mol. The Morgan fingerprint density at radius 2 is 1.53 bits per heavy atom. The van der Waals surface area contributed by atoms with Gasteiger partial charge in [-0.25, -0.2) is 0 Å². The Hall–Kier alpha value is -1.63. The van der Waals surface area contributed by atoms with Gasteiger partial charge in [0.15, 0.2) is 0 Å². The van der Waals surface area contributed by atoms with Gasteiger partial charge >= 0.3 is 105 Å². The Morgan fingerprint density at radius 1 is 0.706 bits per heavy atom. The topological polar surface area (TPSA) is 12.9 Å². The summed E-state index contributed by atoms with van der Waals surface area (Å²) in [6, 6.07) is 17.5. The normalized spacial score (nSPS) is 11.5. The Balaban J connectivity index is 2.34. The van der Waals surface area contributed by atoms with Crippen molar-refractivity contribution >= 4 is 45.9 Å². The van der Waals surface area contributed by atoms with Gasteiger partial charge in [0, 0.05) is 0 Å². The first-order chi connectivity index (χ1) is 8.43. The summed E-state index contributed by atoms with van der Waals surface area (Å²) in [7, 11) is 0. The van der Waals surface area contributed by atoms with E-state index in [0.29, 0.717) is 0 Å². The molecule has 1 heterocycles. The SMILES string of the molecule is c1ccc2c(c1)ccc1c2ccc2cn[se]c21. The monoisotopic (exact) mass is 283 g/mol. The molecule has 4 aromatic rings. The van der Waals surface area contributed by atoms with Crippen molar-refractivity contribution in [2.75, 3.05) is 0 Å². The molecule has 17 heavy (non-hydrogen) atoms. The molecular formula is C15H9NSe. The molecule has 80 valence electrons. The number of aromatic nitrogens is 1. The van der Waals surface area contributed by atoms with Gasteiger partial charge in [-0.05, 0) is 0 Å². The molecule has 0 amide bonds. The summed E-state index contributed by atoms with van der Waals surface area (Å²) in [5.74, 6) is 0. The van der Waals surface area contributed by atoms with Crippen LogP contribution in [0.4, 0.5) is 0 Å². The van der Waals surface area contributed by atoms with Crippen molar-refractivity contribution in [2.24, 2.45) is 0 Å². The fourth-order valence-corrected chi connectivity index (χ4v) is 4.04. The molecule has 0 aliphatic carbocycles. The van der Waals surface area contributed by atoms with Crippen LogP contribution >= 0.6 is 0 Å². The maximum atomic E-state index is 4.42. The van der Waals surface area contributed by atoms with Gasteiger partial charge in [0.25, 0.3) is 0 Å². The van der Waals surface area contributed by atoms with E-state index in [9.17, 15) is 0 Å². The fraction of sp³-hybridized carbons (Fsp3) is 0. The van der Waals surface area contributed by atoms with Crippen LogP contribution in [0.25, 0.3) is 31.2 Å². The minimum absolute atomic E-state index is 0.261. The van der Waals surface area contributed by atoms with Crippen LogP contribution in [0.2, 0.25) is 0 Å². The van der Waals surface area contributed by atoms with Crippen molar-refractivity contribution in [3.8, 4) is 0 Å². The quantitative estimate of drug-likeness (QED) is 0.355. The van der Waals surface area contributed by atoms with Crippen LogP contribution in [-0.2, 0) is 0 Å². The number of nitrogens with zero attached hydrogens (tertiary/aromatic N) is 1. The van der Waals surface area contributed by atoms with Crippen molar-refractivity contribution < 1.29 is 0 Å². The number of hydrogen-bond acceptors (Lipinski definition) is 1. The fourth-order valence-electron chi connectivity index (χ4n) is 2.42. The number of rotatable bonds is 0. The second kappa shape index (κ2) is 3.43. The first-order valence-electron chi connectivity index (χ1n) is 5.58. The van der Waals surface area contributed by atoms with Gasteiger partial charge in [0.1, 0.15) is 0 Å². The van der Waals surface area contributed by atoms with Crippen molar-refractivity contribution in [3.05, 3.63) is 54.7 Å². The summed E-state index contributed by atoms with van der Waals surface area (Å²) in [6.45, 7) is 0. The molecule has 0 fully saturated rings. The van der Waals surface area contributed by atoms with Gasteiger partial charge < -0.3 is 0 Å². The standard InChI is InChI=1S/C15H9NSe/c1-2-4-12-10(3-1)5-8-14-13(12)7-6-11-9-16-17-15(11)14/h1-9H. The third-order valence-corrected chi connectivity index (χ3v) is 5.02. The van der Waals surface area contributed by atoms with Crippen molar-refractivity contribution in [3.63, 3.8) is 0 Å². The molecule has 1 aromatic heterocycles. The molecule has 0 saturated heterocycles. The Morgan fingerprint density at radius 3 is 2.53 bits per heavy atom. The Labute approximate surface area is 105 Å². The molecule has 0 N–H and O–H groups in total. The molecule has 0 saturated carbocycles. The summed E-state index contributed by atoms with van der Waals surface area (Å²) in [5.41, 5.74) is 0. The van der Waals surface area contributed by atoms with E-state index in [-0.39, 0.29) is 14.7 Å². The van der Waals surface area contributed by atoms with Crippen LogP contribution in [-0.4, -0.2) is 18.7 Å². The van der Waals surface area contributed by atoms with Crippen LogP contribution < -0.4 is 0 Å². The molecule has 0 aliphatic heterocycles. The van der Waals surface area contributed by atoms with E-state index < -0.39 is 0 Å². The van der Waals surface area contributed by atoms with Gasteiger partial charge in [0.2, 0.25) is 0 Å². The Bertz CT molecular complexity index is 845. The van der Waals surface area contributed by atoms with Crippen LogP contribution in [0.3, 0.4) is 0 Å². The summed E-state index contributed by atoms with van der Waals surface area (Å²) in [6.07, 6.45) is 2.00.